The molecular weight excluding hydrogens is 184 g/mol. The smallest absolute Gasteiger partial charge is 0.0379 e. The van der Waals surface area contributed by atoms with Crippen molar-refractivity contribution in [2.45, 2.75) is 24.8 Å². The summed E-state index contributed by atoms with van der Waals surface area (Å²) in [5, 5.41) is 3.43. The molecule has 15 heavy (non-hydrogen) atoms. The molecule has 0 aliphatic carbocycles. The molecule has 0 bridgehead atoms. The molecule has 0 fully saturated rings. The first-order valence-electron chi connectivity index (χ1n) is 5.37. The van der Waals surface area contributed by atoms with Crippen molar-refractivity contribution < 1.29 is 0 Å². The maximum Gasteiger partial charge on any atom is 0.0379 e. The van der Waals surface area contributed by atoms with Crippen LogP contribution in [-0.2, 0) is 5.41 Å². The number of fused-ring (bicyclic) bond motifs is 1. The lowest BCUT2D eigenvalue weighted by Crippen LogP contribution is -2.33. The number of hydrogen-bond donors (Lipinski definition) is 2. The van der Waals surface area contributed by atoms with E-state index < -0.39 is 0 Å². The van der Waals surface area contributed by atoms with Gasteiger partial charge in [0.05, 0.1) is 0 Å². The topological polar surface area (TPSA) is 38.0 Å². The molecule has 2 nitrogen and oxygen atoms in total. The van der Waals surface area contributed by atoms with Crippen LogP contribution in [0.2, 0.25) is 0 Å². The summed E-state index contributed by atoms with van der Waals surface area (Å²) < 4.78 is 0. The lowest BCUT2D eigenvalue weighted by atomic mass is 9.79. The monoisotopic (exact) mass is 202 g/mol. The molecule has 0 aromatic heterocycles. The van der Waals surface area contributed by atoms with Crippen molar-refractivity contribution in [2.75, 3.05) is 11.9 Å². The zero-order valence-corrected chi connectivity index (χ0v) is 9.16. The van der Waals surface area contributed by atoms with Gasteiger partial charge >= 0.3 is 0 Å². The molecule has 80 valence electrons. The van der Waals surface area contributed by atoms with Crippen molar-refractivity contribution in [1.82, 2.24) is 0 Å². The molecule has 0 spiro atoms. The van der Waals surface area contributed by atoms with Crippen molar-refractivity contribution in [1.29, 1.82) is 0 Å². The Bertz CT molecular complexity index is 373. The molecule has 0 radical (unpaired) electrons. The number of nitrogens with two attached hydrogens (primary N) is 1. The summed E-state index contributed by atoms with van der Waals surface area (Å²) in [6.07, 6.45) is 2.77. The quantitative estimate of drug-likeness (QED) is 0.738. The third-order valence-electron chi connectivity index (χ3n) is 3.24. The van der Waals surface area contributed by atoms with E-state index in [9.17, 15) is 0 Å². The van der Waals surface area contributed by atoms with Gasteiger partial charge in [0.1, 0.15) is 0 Å². The normalized spacial score (nSPS) is 25.5. The van der Waals surface area contributed by atoms with E-state index in [4.69, 9.17) is 5.73 Å². The minimum absolute atomic E-state index is 0.0722. The van der Waals surface area contributed by atoms with E-state index in [1.165, 1.54) is 11.3 Å². The second-order valence-electron chi connectivity index (χ2n) is 4.56. The number of nitrogens with one attached hydrogen (secondary N) is 1. The van der Waals surface area contributed by atoms with Gasteiger partial charge in [-0.15, -0.1) is 6.58 Å². The van der Waals surface area contributed by atoms with E-state index in [-0.39, 0.29) is 11.5 Å². The van der Waals surface area contributed by atoms with Crippen LogP contribution in [0.1, 0.15) is 18.9 Å². The Morgan fingerprint density at radius 2 is 2.33 bits per heavy atom. The summed E-state index contributed by atoms with van der Waals surface area (Å²) in [6.45, 7) is 6.97. The fraction of sp³-hybridized carbons (Fsp3) is 0.385. The van der Waals surface area contributed by atoms with Gasteiger partial charge in [-0.1, -0.05) is 31.2 Å². The minimum atomic E-state index is 0.0722. The average Bonchev–Trinajstić information content (AvgIpc) is 2.57. The van der Waals surface area contributed by atoms with Gasteiger partial charge in [-0.25, -0.2) is 0 Å². The predicted octanol–water partition coefficient (Wildman–Crippen LogP) is 2.27. The van der Waals surface area contributed by atoms with E-state index in [0.29, 0.717) is 0 Å². The molecule has 1 aliphatic rings. The van der Waals surface area contributed by atoms with Crippen LogP contribution in [0.4, 0.5) is 5.69 Å². The van der Waals surface area contributed by atoms with Gasteiger partial charge in [0.2, 0.25) is 0 Å². The van der Waals surface area contributed by atoms with Gasteiger partial charge in [-0.2, -0.15) is 0 Å². The van der Waals surface area contributed by atoms with Gasteiger partial charge in [0, 0.05) is 23.7 Å². The van der Waals surface area contributed by atoms with E-state index >= 15 is 0 Å². The number of hydrogen-bond acceptors (Lipinski definition) is 2. The summed E-state index contributed by atoms with van der Waals surface area (Å²) in [7, 11) is 0. The van der Waals surface area contributed by atoms with Crippen LogP contribution in [0.5, 0.6) is 0 Å². The van der Waals surface area contributed by atoms with Crippen LogP contribution in [0, 0.1) is 0 Å². The number of rotatable bonds is 3. The van der Waals surface area contributed by atoms with Crippen LogP contribution in [0.25, 0.3) is 0 Å². The largest absolute Gasteiger partial charge is 0.384 e. The fourth-order valence-electron chi connectivity index (χ4n) is 2.33. The van der Waals surface area contributed by atoms with Gasteiger partial charge < -0.3 is 11.1 Å². The van der Waals surface area contributed by atoms with Gasteiger partial charge in [0.25, 0.3) is 0 Å². The molecule has 2 rings (SSSR count). The van der Waals surface area contributed by atoms with Crippen molar-refractivity contribution in [2.24, 2.45) is 5.73 Å². The number of anilines is 1. The van der Waals surface area contributed by atoms with E-state index in [1.54, 1.807) is 0 Å². The highest BCUT2D eigenvalue weighted by atomic mass is 14.9. The highest BCUT2D eigenvalue weighted by Gasteiger charge is 2.34. The Kier molecular flexibility index (Phi) is 2.53. The summed E-state index contributed by atoms with van der Waals surface area (Å²) in [5.41, 5.74) is 8.72. The Morgan fingerprint density at radius 3 is 3.07 bits per heavy atom. The Morgan fingerprint density at radius 1 is 1.60 bits per heavy atom. The van der Waals surface area contributed by atoms with Crippen molar-refractivity contribution in [3.63, 3.8) is 0 Å². The Hall–Kier alpha value is -1.28. The predicted molar refractivity (Wildman–Crippen MR) is 65.1 cm³/mol. The average molecular weight is 202 g/mol. The van der Waals surface area contributed by atoms with Crippen LogP contribution in [0.3, 0.4) is 0 Å². The Balaban J connectivity index is 2.28. The van der Waals surface area contributed by atoms with Gasteiger partial charge in [-0.05, 0) is 18.1 Å². The SMILES string of the molecule is C=CC(N)CC1(C)CNc2ccccc21. The maximum absolute atomic E-state index is 5.95. The molecule has 2 atom stereocenters. The number of benzene rings is 1. The van der Waals surface area contributed by atoms with Crippen LogP contribution in [0.15, 0.2) is 36.9 Å². The first kappa shape index (κ1) is 10.2. The van der Waals surface area contributed by atoms with Crippen LogP contribution >= 0.6 is 0 Å². The second kappa shape index (κ2) is 3.70. The maximum atomic E-state index is 5.95. The summed E-state index contributed by atoms with van der Waals surface area (Å²) in [5.74, 6) is 0. The van der Waals surface area contributed by atoms with Crippen LogP contribution in [-0.4, -0.2) is 12.6 Å². The first-order valence-corrected chi connectivity index (χ1v) is 5.37. The molecule has 3 N–H and O–H groups in total. The van der Waals surface area contributed by atoms with Crippen molar-refractivity contribution >= 4 is 5.69 Å². The van der Waals surface area contributed by atoms with Gasteiger partial charge in [0.15, 0.2) is 0 Å². The highest BCUT2D eigenvalue weighted by molar-refractivity contribution is 5.60. The molecule has 1 aliphatic heterocycles. The van der Waals surface area contributed by atoms with Gasteiger partial charge in [-0.3, -0.25) is 0 Å². The summed E-state index contributed by atoms with van der Waals surface area (Å²) in [4.78, 5) is 0. The molecule has 0 saturated carbocycles. The number of para-hydroxylation sites is 1. The summed E-state index contributed by atoms with van der Waals surface area (Å²) >= 11 is 0. The summed E-state index contributed by atoms with van der Waals surface area (Å²) in [6, 6.07) is 8.53. The zero-order valence-electron chi connectivity index (χ0n) is 9.16. The fourth-order valence-corrected chi connectivity index (χ4v) is 2.33. The van der Waals surface area contributed by atoms with Crippen LogP contribution < -0.4 is 11.1 Å². The minimum Gasteiger partial charge on any atom is -0.384 e. The molecule has 2 heteroatoms. The zero-order chi connectivity index (χ0) is 10.9. The lowest BCUT2D eigenvalue weighted by molar-refractivity contribution is 0.453. The molecule has 1 heterocycles. The molecule has 1 aromatic carbocycles. The standard InChI is InChI=1S/C13H18N2/c1-3-10(14)8-13(2)9-15-12-7-5-4-6-11(12)13/h3-7,10,15H,1,8-9,14H2,2H3. The Labute approximate surface area is 91.2 Å². The molecule has 1 aromatic rings. The van der Waals surface area contributed by atoms with E-state index in [2.05, 4.69) is 43.1 Å². The molecule has 0 amide bonds. The van der Waals surface area contributed by atoms with E-state index in [0.717, 1.165) is 13.0 Å². The third-order valence-corrected chi connectivity index (χ3v) is 3.24. The first-order chi connectivity index (χ1) is 7.15. The lowest BCUT2D eigenvalue weighted by Gasteiger charge is -2.26. The van der Waals surface area contributed by atoms with Crippen molar-refractivity contribution in [3.8, 4) is 0 Å². The second-order valence-corrected chi connectivity index (χ2v) is 4.56. The molecule has 0 saturated heterocycles. The highest BCUT2D eigenvalue weighted by Crippen LogP contribution is 2.39. The van der Waals surface area contributed by atoms with Crippen molar-refractivity contribution in [3.05, 3.63) is 42.5 Å². The molecular formula is C13H18N2. The third kappa shape index (κ3) is 1.77. The van der Waals surface area contributed by atoms with E-state index in [1.807, 2.05) is 6.08 Å². The molecule has 2 unspecified atom stereocenters.